The average molecular weight is 565 g/mol. The van der Waals surface area contributed by atoms with E-state index in [1.165, 1.54) is 23.3 Å². The monoisotopic (exact) mass is 564 g/mol. The Bertz CT molecular complexity index is 1620. The molecule has 0 saturated heterocycles. The first-order chi connectivity index (χ1) is 20.3. The Labute approximate surface area is 248 Å². The topological polar surface area (TPSA) is 64.2 Å². The molecule has 5 rings (SSSR count). The number of aryl methyl sites for hydroxylation is 1. The van der Waals surface area contributed by atoms with Crippen LogP contribution in [0.4, 0.5) is 15.8 Å². The molecule has 0 aliphatic rings. The molecule has 0 spiro atoms. The molecule has 2 N–H and O–H groups in total. The Morgan fingerprint density at radius 3 is 1.95 bits per heavy atom. The van der Waals surface area contributed by atoms with Crippen LogP contribution in [0.25, 0.3) is 10.9 Å². The van der Waals surface area contributed by atoms with E-state index >= 15 is 0 Å². The van der Waals surface area contributed by atoms with Gasteiger partial charge in [-0.1, -0.05) is 74.5 Å². The second kappa shape index (κ2) is 14.6. The van der Waals surface area contributed by atoms with Gasteiger partial charge in [-0.25, -0.2) is 9.37 Å². The van der Waals surface area contributed by atoms with E-state index in [0.717, 1.165) is 42.9 Å². The van der Waals surface area contributed by atoms with Gasteiger partial charge in [0.15, 0.2) is 0 Å². The number of aromatic nitrogens is 2. The molecule has 0 aliphatic heterocycles. The first kappa shape index (κ1) is 30.7. The van der Waals surface area contributed by atoms with Crippen molar-refractivity contribution in [3.8, 4) is 0 Å². The Kier molecular flexibility index (Phi) is 10.6. The first-order valence-corrected chi connectivity index (χ1v) is 14.7. The molecule has 5 aromatic rings. The van der Waals surface area contributed by atoms with Crippen molar-refractivity contribution < 1.29 is 4.39 Å². The van der Waals surface area contributed by atoms with E-state index in [-0.39, 0.29) is 17.4 Å². The highest BCUT2D eigenvalue weighted by Crippen LogP contribution is 2.27. The molecule has 1 aromatic heterocycles. The van der Waals surface area contributed by atoms with E-state index in [1.807, 2.05) is 65.9 Å². The fraction of sp³-hybridized carbons (Fsp3) is 0.278. The smallest absolute Gasteiger partial charge is 0.261 e. The number of nitrogens with zero attached hydrogens (tertiary/aromatic N) is 3. The largest absolute Gasteiger partial charge is 0.345 e. The van der Waals surface area contributed by atoms with E-state index in [9.17, 15) is 9.18 Å². The maximum absolute atomic E-state index is 13.6. The molecule has 218 valence electrons. The van der Waals surface area contributed by atoms with Crippen LogP contribution in [0.1, 0.15) is 49.7 Å². The van der Waals surface area contributed by atoms with Gasteiger partial charge in [0.05, 0.1) is 10.9 Å². The minimum Gasteiger partial charge on any atom is -0.345 e. The van der Waals surface area contributed by atoms with Gasteiger partial charge in [0.25, 0.3) is 5.56 Å². The van der Waals surface area contributed by atoms with Gasteiger partial charge in [0, 0.05) is 30.5 Å². The van der Waals surface area contributed by atoms with Gasteiger partial charge in [-0.3, -0.25) is 9.36 Å². The van der Waals surface area contributed by atoms with Crippen molar-refractivity contribution in [3.05, 3.63) is 136 Å². The summed E-state index contributed by atoms with van der Waals surface area (Å²) in [5, 5.41) is 0.587. The summed E-state index contributed by atoms with van der Waals surface area (Å²) in [7, 11) is 1.90. The maximum Gasteiger partial charge on any atom is 0.261 e. The second-order valence-electron chi connectivity index (χ2n) is 10.7. The van der Waals surface area contributed by atoms with Crippen LogP contribution in [-0.2, 0) is 12.8 Å². The zero-order valence-electron chi connectivity index (χ0n) is 25.0. The van der Waals surface area contributed by atoms with Gasteiger partial charge >= 0.3 is 0 Å². The number of anilines is 2. The third-order valence-electron chi connectivity index (χ3n) is 7.68. The van der Waals surface area contributed by atoms with E-state index < -0.39 is 0 Å². The molecule has 0 unspecified atom stereocenters. The molecule has 0 radical (unpaired) electrons. The lowest BCUT2D eigenvalue weighted by molar-refractivity contribution is 0.455. The molecule has 0 bridgehead atoms. The number of benzene rings is 4. The zero-order chi connectivity index (χ0) is 30.1. The Morgan fingerprint density at radius 1 is 0.810 bits per heavy atom. The number of nitrogens with two attached hydrogens (primary N) is 1. The quantitative estimate of drug-likeness (QED) is 0.199. The highest BCUT2D eigenvalue weighted by atomic mass is 19.1. The van der Waals surface area contributed by atoms with Crippen LogP contribution in [-0.4, -0.2) is 22.6 Å². The Morgan fingerprint density at radius 2 is 1.38 bits per heavy atom. The molecule has 1 heterocycles. The van der Waals surface area contributed by atoms with Gasteiger partial charge in [-0.15, -0.1) is 0 Å². The van der Waals surface area contributed by atoms with E-state index in [2.05, 4.69) is 50.2 Å². The van der Waals surface area contributed by atoms with Crippen LogP contribution < -0.4 is 16.2 Å². The summed E-state index contributed by atoms with van der Waals surface area (Å²) in [6.07, 6.45) is 3.66. The molecule has 6 heteroatoms. The minimum atomic E-state index is -0.276. The Hall–Kier alpha value is -4.29. The summed E-state index contributed by atoms with van der Waals surface area (Å²) in [5.41, 5.74) is 10.7. The van der Waals surface area contributed by atoms with E-state index in [0.29, 0.717) is 16.9 Å². The molecule has 0 amide bonds. The molecule has 0 saturated carbocycles. The maximum atomic E-state index is 13.6. The summed E-state index contributed by atoms with van der Waals surface area (Å²) in [6, 6.07) is 32.9. The van der Waals surface area contributed by atoms with Crippen molar-refractivity contribution in [2.45, 2.75) is 58.5 Å². The lowest BCUT2D eigenvalue weighted by Crippen LogP contribution is -2.29. The first-order valence-electron chi connectivity index (χ1n) is 14.7. The van der Waals surface area contributed by atoms with Crippen LogP contribution in [0.5, 0.6) is 0 Å². The van der Waals surface area contributed by atoms with Gasteiger partial charge in [0.1, 0.15) is 11.6 Å². The van der Waals surface area contributed by atoms with Crippen molar-refractivity contribution in [3.63, 3.8) is 0 Å². The van der Waals surface area contributed by atoms with Crippen molar-refractivity contribution in [2.24, 2.45) is 5.73 Å². The standard InChI is InChI=1S/C26H26FN3O.C10H15N/c1-4-21(16-19-8-6-5-7-9-19)30-18(2)28-25-15-14-23(17-24(25)26(30)31)29(3)22-12-10-20(27)11-13-22;1-2-10(11)8-9-6-4-3-5-7-9/h5-15,17,21H,4,16H2,1-3H3;3-7,10H,2,8,11H2,1H3/t21-;10-/m00/s1. The van der Waals surface area contributed by atoms with Crippen LogP contribution >= 0.6 is 0 Å². The summed E-state index contributed by atoms with van der Waals surface area (Å²) >= 11 is 0. The van der Waals surface area contributed by atoms with Gasteiger partial charge < -0.3 is 10.6 Å². The SMILES string of the molecule is CC[C@@H](Cc1ccccc1)n1c(C)nc2ccc(N(C)c3ccc(F)cc3)cc2c1=O.CC[C@H](N)Cc1ccccc1. The highest BCUT2D eigenvalue weighted by Gasteiger charge is 2.18. The second-order valence-corrected chi connectivity index (χ2v) is 10.7. The molecular weight excluding hydrogens is 523 g/mol. The third kappa shape index (κ3) is 7.71. The average Bonchev–Trinajstić information content (AvgIpc) is 3.01. The predicted molar refractivity (Wildman–Crippen MR) is 173 cm³/mol. The van der Waals surface area contributed by atoms with Crippen molar-refractivity contribution in [1.82, 2.24) is 9.55 Å². The summed E-state index contributed by atoms with van der Waals surface area (Å²) < 4.78 is 15.1. The number of rotatable bonds is 9. The molecule has 2 atom stereocenters. The van der Waals surface area contributed by atoms with Crippen molar-refractivity contribution >= 4 is 22.3 Å². The van der Waals surface area contributed by atoms with Crippen LogP contribution in [0, 0.1) is 12.7 Å². The summed E-state index contributed by atoms with van der Waals surface area (Å²) in [6.45, 7) is 6.11. The molecule has 0 aliphatic carbocycles. The third-order valence-corrected chi connectivity index (χ3v) is 7.68. The van der Waals surface area contributed by atoms with E-state index in [1.54, 1.807) is 12.1 Å². The molecule has 0 fully saturated rings. The predicted octanol–water partition coefficient (Wildman–Crippen LogP) is 7.77. The number of halogens is 1. The fourth-order valence-corrected chi connectivity index (χ4v) is 5.12. The van der Waals surface area contributed by atoms with E-state index in [4.69, 9.17) is 10.7 Å². The van der Waals surface area contributed by atoms with Gasteiger partial charge in [-0.05, 0) is 86.2 Å². The van der Waals surface area contributed by atoms with Gasteiger partial charge in [-0.2, -0.15) is 0 Å². The Balaban J connectivity index is 0.000000310. The van der Waals surface area contributed by atoms with Crippen LogP contribution in [0.3, 0.4) is 0 Å². The highest BCUT2D eigenvalue weighted by molar-refractivity contribution is 5.83. The summed E-state index contributed by atoms with van der Waals surface area (Å²) in [5.74, 6) is 0.446. The fourth-order valence-electron chi connectivity index (χ4n) is 5.12. The van der Waals surface area contributed by atoms with Crippen LogP contribution in [0.2, 0.25) is 0 Å². The van der Waals surface area contributed by atoms with Crippen molar-refractivity contribution in [1.29, 1.82) is 0 Å². The lowest BCUT2D eigenvalue weighted by atomic mass is 10.0. The number of hydrogen-bond donors (Lipinski definition) is 1. The van der Waals surface area contributed by atoms with Crippen molar-refractivity contribution in [2.75, 3.05) is 11.9 Å². The zero-order valence-corrected chi connectivity index (χ0v) is 25.0. The lowest BCUT2D eigenvalue weighted by Gasteiger charge is -2.22. The molecule has 4 aromatic carbocycles. The molecule has 42 heavy (non-hydrogen) atoms. The summed E-state index contributed by atoms with van der Waals surface area (Å²) in [4.78, 5) is 20.2. The normalized spacial score (nSPS) is 12.3. The number of hydrogen-bond acceptors (Lipinski definition) is 4. The van der Waals surface area contributed by atoms with Crippen LogP contribution in [0.15, 0.2) is 108 Å². The van der Waals surface area contributed by atoms with Gasteiger partial charge in [0.2, 0.25) is 0 Å². The molecular formula is C36H41FN4O. The minimum absolute atomic E-state index is 0.0281. The number of fused-ring (bicyclic) bond motifs is 1. The molecule has 5 nitrogen and oxygen atoms in total.